The summed E-state index contributed by atoms with van der Waals surface area (Å²) in [6.07, 6.45) is 1.51. The highest BCUT2D eigenvalue weighted by Crippen LogP contribution is 2.30. The molecule has 3 nitrogen and oxygen atoms in total. The largest absolute Gasteiger partial charge is 0.394 e. The quantitative estimate of drug-likeness (QED) is 0.821. The number of aliphatic imine (C=N–C) groups is 1. The van der Waals surface area contributed by atoms with E-state index in [9.17, 15) is 9.63 Å². The van der Waals surface area contributed by atoms with Crippen LogP contribution in [0.25, 0.3) is 0 Å². The van der Waals surface area contributed by atoms with E-state index in [-0.39, 0.29) is 12.4 Å². The smallest absolute Gasteiger partial charge is 0.194 e. The Balaban J connectivity index is 2.32. The minimum atomic E-state index is -0.391. The zero-order valence-corrected chi connectivity index (χ0v) is 13.0. The van der Waals surface area contributed by atoms with Crippen molar-refractivity contribution in [2.75, 3.05) is 6.61 Å². The van der Waals surface area contributed by atoms with Gasteiger partial charge < -0.3 is 5.11 Å². The van der Waals surface area contributed by atoms with Crippen molar-refractivity contribution in [3.05, 3.63) is 63.6 Å². The van der Waals surface area contributed by atoms with E-state index in [1.165, 1.54) is 6.21 Å². The molecule has 0 aliphatic heterocycles. The molecule has 0 fully saturated rings. The number of halogens is 2. The number of hydrogen-bond donors (Lipinski definition) is 1. The van der Waals surface area contributed by atoms with Crippen LogP contribution in [0.15, 0.2) is 51.9 Å². The van der Waals surface area contributed by atoms with E-state index in [4.69, 9.17) is 0 Å². The van der Waals surface area contributed by atoms with E-state index in [2.05, 4.69) is 25.9 Å². The average Bonchev–Trinajstić information content (AvgIpc) is 2.48. The zero-order valence-electron chi connectivity index (χ0n) is 11.5. The maximum Gasteiger partial charge on any atom is 0.194 e. The molecule has 0 spiro atoms. The second-order valence-electron chi connectivity index (χ2n) is 4.63. The highest BCUT2D eigenvalue weighted by Gasteiger charge is 2.11. The summed E-state index contributed by atoms with van der Waals surface area (Å²) < 4.78 is 13.2. The number of aliphatic hydroxyl groups is 1. The van der Waals surface area contributed by atoms with E-state index >= 15 is 0 Å². The van der Waals surface area contributed by atoms with Crippen molar-refractivity contribution in [1.82, 2.24) is 0 Å². The number of benzene rings is 2. The summed E-state index contributed by atoms with van der Waals surface area (Å²) in [6.45, 7) is 1.77. The Bertz CT molecular complexity index is 632. The normalized spacial score (nSPS) is 12.6. The molecule has 110 valence electrons. The minimum Gasteiger partial charge on any atom is -0.394 e. The van der Waals surface area contributed by atoms with Gasteiger partial charge in [0, 0.05) is 16.3 Å². The van der Waals surface area contributed by atoms with Crippen molar-refractivity contribution in [3.8, 4) is 5.75 Å². The molecule has 1 atom stereocenters. The van der Waals surface area contributed by atoms with E-state index in [0.29, 0.717) is 10.0 Å². The molecule has 21 heavy (non-hydrogen) atoms. The molecular weight excluding hydrogens is 337 g/mol. The molecule has 1 unspecified atom stereocenters. The summed E-state index contributed by atoms with van der Waals surface area (Å²) >= 11 is 3.25. The van der Waals surface area contributed by atoms with Crippen LogP contribution in [0.3, 0.4) is 0 Å². The van der Waals surface area contributed by atoms with Gasteiger partial charge in [-0.1, -0.05) is 30.3 Å². The van der Waals surface area contributed by atoms with Crippen molar-refractivity contribution in [1.29, 1.82) is 0 Å². The van der Waals surface area contributed by atoms with Crippen LogP contribution in [0, 0.1) is 6.92 Å². The van der Waals surface area contributed by atoms with Crippen molar-refractivity contribution in [2.24, 2.45) is 4.99 Å². The fraction of sp³-hybridized carbons (Fsp3) is 0.188. The third-order valence-electron chi connectivity index (χ3n) is 3.04. The van der Waals surface area contributed by atoms with Crippen LogP contribution in [-0.4, -0.2) is 17.9 Å². The highest BCUT2D eigenvalue weighted by molar-refractivity contribution is 9.10. The summed E-state index contributed by atoms with van der Waals surface area (Å²) in [5, 5.41) is 9.46. The SMILES string of the molecule is Cc1cc(Br)c(OF)c(C=NC(CO)c2ccccc2)c1. The first-order valence-corrected chi connectivity index (χ1v) is 7.22. The van der Waals surface area contributed by atoms with E-state index < -0.39 is 6.04 Å². The molecule has 0 saturated heterocycles. The first-order valence-electron chi connectivity index (χ1n) is 6.43. The van der Waals surface area contributed by atoms with Crippen LogP contribution in [0.1, 0.15) is 22.7 Å². The summed E-state index contributed by atoms with van der Waals surface area (Å²) in [4.78, 5) is 8.23. The van der Waals surface area contributed by atoms with Crippen molar-refractivity contribution >= 4 is 22.1 Å². The van der Waals surface area contributed by atoms with Crippen molar-refractivity contribution < 1.29 is 14.6 Å². The molecule has 0 heterocycles. The Kier molecular flexibility index (Phi) is 5.47. The Morgan fingerprint density at radius 3 is 2.67 bits per heavy atom. The summed E-state index contributed by atoms with van der Waals surface area (Å²) in [5.41, 5.74) is 2.36. The van der Waals surface area contributed by atoms with Gasteiger partial charge in [-0.05, 0) is 46.1 Å². The number of aliphatic hydroxyl groups excluding tert-OH is 1. The van der Waals surface area contributed by atoms with Gasteiger partial charge >= 0.3 is 0 Å². The van der Waals surface area contributed by atoms with Crippen molar-refractivity contribution in [2.45, 2.75) is 13.0 Å². The molecular formula is C16H15BrFNO2. The van der Waals surface area contributed by atoms with Crippen LogP contribution in [0.5, 0.6) is 5.75 Å². The molecule has 0 bridgehead atoms. The molecule has 2 rings (SSSR count). The predicted octanol–water partition coefficient (Wildman–Crippen LogP) is 4.17. The van der Waals surface area contributed by atoms with E-state index in [1.54, 1.807) is 12.1 Å². The second-order valence-corrected chi connectivity index (χ2v) is 5.48. The van der Waals surface area contributed by atoms with E-state index in [1.807, 2.05) is 37.3 Å². The Morgan fingerprint density at radius 1 is 1.33 bits per heavy atom. The lowest BCUT2D eigenvalue weighted by molar-refractivity contribution is -0.00731. The summed E-state index contributed by atoms with van der Waals surface area (Å²) in [5.74, 6) is 0.0779. The fourth-order valence-electron chi connectivity index (χ4n) is 2.02. The van der Waals surface area contributed by atoms with Crippen LogP contribution >= 0.6 is 15.9 Å². The molecule has 0 saturated carbocycles. The predicted molar refractivity (Wildman–Crippen MR) is 84.5 cm³/mol. The molecule has 0 aliphatic rings. The second kappa shape index (κ2) is 7.33. The van der Waals surface area contributed by atoms with Gasteiger partial charge in [-0.15, -0.1) is 0 Å². The minimum absolute atomic E-state index is 0.0779. The molecule has 5 heteroatoms. The lowest BCUT2D eigenvalue weighted by Gasteiger charge is -2.10. The number of rotatable bonds is 5. The van der Waals surface area contributed by atoms with Gasteiger partial charge in [0.2, 0.25) is 0 Å². The number of nitrogens with zero attached hydrogens (tertiary/aromatic N) is 1. The molecule has 0 aromatic heterocycles. The molecule has 0 aliphatic carbocycles. The molecule has 2 aromatic rings. The Labute approximate surface area is 131 Å². The standard InChI is InChI=1S/C16H15BrFNO2/c1-11-7-13(16(21-18)14(17)8-11)9-19-15(10-20)12-5-3-2-4-6-12/h2-9,15,20H,10H2,1H3. The molecule has 2 aromatic carbocycles. The number of hydrogen-bond acceptors (Lipinski definition) is 3. The Morgan fingerprint density at radius 2 is 2.05 bits per heavy atom. The van der Waals surface area contributed by atoms with Gasteiger partial charge in [-0.3, -0.25) is 9.93 Å². The average molecular weight is 352 g/mol. The van der Waals surface area contributed by atoms with Gasteiger partial charge in [0.15, 0.2) is 5.75 Å². The Hall–Kier alpha value is -1.72. The topological polar surface area (TPSA) is 41.8 Å². The van der Waals surface area contributed by atoms with Crippen LogP contribution in [-0.2, 0) is 0 Å². The van der Waals surface area contributed by atoms with Gasteiger partial charge in [-0.2, -0.15) is 0 Å². The molecule has 0 radical (unpaired) electrons. The van der Waals surface area contributed by atoms with Crippen molar-refractivity contribution in [3.63, 3.8) is 0 Å². The highest BCUT2D eigenvalue weighted by atomic mass is 79.9. The fourth-order valence-corrected chi connectivity index (χ4v) is 2.67. The number of aryl methyl sites for hydroxylation is 1. The maximum absolute atomic E-state index is 12.7. The van der Waals surface area contributed by atoms with Gasteiger partial charge in [-0.25, -0.2) is 0 Å². The van der Waals surface area contributed by atoms with Crippen LogP contribution < -0.4 is 4.94 Å². The van der Waals surface area contributed by atoms with E-state index in [0.717, 1.165) is 11.1 Å². The lowest BCUT2D eigenvalue weighted by Crippen LogP contribution is -2.02. The third kappa shape index (κ3) is 3.89. The first-order chi connectivity index (χ1) is 10.2. The lowest BCUT2D eigenvalue weighted by atomic mass is 10.1. The zero-order chi connectivity index (χ0) is 15.2. The monoisotopic (exact) mass is 351 g/mol. The van der Waals surface area contributed by atoms with Crippen LogP contribution in [0.2, 0.25) is 0 Å². The maximum atomic E-state index is 12.7. The first kappa shape index (κ1) is 15.7. The van der Waals surface area contributed by atoms with Gasteiger partial charge in [0.05, 0.1) is 17.1 Å². The van der Waals surface area contributed by atoms with Gasteiger partial charge in [0.25, 0.3) is 0 Å². The molecule has 1 N–H and O–H groups in total. The third-order valence-corrected chi connectivity index (χ3v) is 3.63. The summed E-state index contributed by atoms with van der Waals surface area (Å²) in [7, 11) is 0. The summed E-state index contributed by atoms with van der Waals surface area (Å²) in [6, 6.07) is 12.6. The van der Waals surface area contributed by atoms with Gasteiger partial charge in [0.1, 0.15) is 0 Å². The molecule has 0 amide bonds. The van der Waals surface area contributed by atoms with Crippen LogP contribution in [0.4, 0.5) is 4.53 Å².